The van der Waals surface area contributed by atoms with Gasteiger partial charge in [0.25, 0.3) is 0 Å². The van der Waals surface area contributed by atoms with Gasteiger partial charge >= 0.3 is 13.8 Å². The molecule has 4 aromatic rings. The van der Waals surface area contributed by atoms with Crippen LogP contribution in [0.25, 0.3) is 11.0 Å². The molecule has 0 bridgehead atoms. The minimum Gasteiger partial charge on any atom is -0.459 e. The third-order valence-electron chi connectivity index (χ3n) is 5.42. The van der Waals surface area contributed by atoms with E-state index in [-0.39, 0.29) is 32.0 Å². The number of ether oxygens (including phenoxy) is 1. The molecule has 11 heteroatoms. The molecular weight excluding hydrogens is 575 g/mol. The number of nitrogens with one attached hydrogen (secondary N) is 1. The largest absolute Gasteiger partial charge is 0.475 e. The zero-order valence-electron chi connectivity index (χ0n) is 20.4. The molecule has 0 aliphatic heterocycles. The quantitative estimate of drug-likeness (QED) is 0.0915. The molecule has 0 atom stereocenters. The number of aryl methyl sites for hydroxylation is 1. The number of aromatic nitrogens is 2. The van der Waals surface area contributed by atoms with E-state index in [0.29, 0.717) is 22.8 Å². The molecule has 0 radical (unpaired) electrons. The number of esters is 1. The van der Waals surface area contributed by atoms with Gasteiger partial charge in [-0.05, 0) is 29.2 Å². The van der Waals surface area contributed by atoms with E-state index < -0.39 is 19.2 Å². The first-order valence-electron chi connectivity index (χ1n) is 11.8. The number of H-pyrrole nitrogens is 1. The lowest BCUT2D eigenvalue weighted by Crippen LogP contribution is -2.20. The van der Waals surface area contributed by atoms with Gasteiger partial charge in [0, 0.05) is 17.7 Å². The Morgan fingerprint density at radius 1 is 0.895 bits per heavy atom. The fraction of sp³-hybridized carbons (Fsp3) is 0.222. The number of halogens is 1. The van der Waals surface area contributed by atoms with Gasteiger partial charge < -0.3 is 9.72 Å². The van der Waals surface area contributed by atoms with Crippen molar-refractivity contribution in [2.75, 3.05) is 18.5 Å². The summed E-state index contributed by atoms with van der Waals surface area (Å²) in [6.45, 7) is -0.533. The van der Waals surface area contributed by atoms with Crippen molar-refractivity contribution < 1.29 is 27.7 Å². The van der Waals surface area contributed by atoms with Gasteiger partial charge in [0.05, 0.1) is 25.2 Å². The van der Waals surface area contributed by atoms with Crippen LogP contribution in [0.15, 0.2) is 83.9 Å². The van der Waals surface area contributed by atoms with Gasteiger partial charge in [-0.25, -0.2) is 14.3 Å². The molecule has 0 aliphatic carbocycles. The van der Waals surface area contributed by atoms with Crippen LogP contribution in [0.3, 0.4) is 0 Å². The number of benzene rings is 2. The highest BCUT2D eigenvalue weighted by Gasteiger charge is 2.27. The number of alkyl halides is 1. The second-order valence-electron chi connectivity index (χ2n) is 8.14. The highest BCUT2D eigenvalue weighted by molar-refractivity contribution is 9.09. The van der Waals surface area contributed by atoms with Gasteiger partial charge in [0.15, 0.2) is 0 Å². The Labute approximate surface area is 227 Å². The summed E-state index contributed by atoms with van der Waals surface area (Å²) in [6.07, 6.45) is 3.63. The summed E-state index contributed by atoms with van der Waals surface area (Å²) in [7, 11) is -4.01. The normalized spacial score (nSPS) is 11.5. The van der Waals surface area contributed by atoms with Crippen LogP contribution in [-0.4, -0.2) is 34.5 Å². The number of pyridine rings is 2. The van der Waals surface area contributed by atoms with Crippen molar-refractivity contribution in [1.29, 1.82) is 0 Å². The van der Waals surface area contributed by atoms with Crippen molar-refractivity contribution in [2.45, 2.75) is 19.6 Å². The van der Waals surface area contributed by atoms with Crippen LogP contribution >= 0.6 is 23.8 Å². The Morgan fingerprint density at radius 2 is 1.53 bits per heavy atom. The Kier molecular flexibility index (Phi) is 9.98. The lowest BCUT2D eigenvalue weighted by molar-refractivity contribution is 0.0376. The van der Waals surface area contributed by atoms with E-state index >= 15 is 0 Å². The molecule has 0 aliphatic rings. The van der Waals surface area contributed by atoms with Crippen molar-refractivity contribution in [3.05, 3.63) is 112 Å². The van der Waals surface area contributed by atoms with Crippen molar-refractivity contribution >= 4 is 40.8 Å². The molecule has 1 N–H and O–H groups in total. The van der Waals surface area contributed by atoms with Crippen LogP contribution < -0.4 is 5.43 Å². The SMILES string of the molecule is O=C(OCCOP(=O)(OCc1ccccc1)OCc1ccccc1)c1c[nH]c2ncc(CCBr)cc2c1=O. The number of carbonyl (C=O) groups excluding carboxylic acids is 1. The average molecular weight is 601 g/mol. The Balaban J connectivity index is 1.37. The number of phosphoric acid groups is 1. The monoisotopic (exact) mass is 600 g/mol. The van der Waals surface area contributed by atoms with Gasteiger partial charge in [0.1, 0.15) is 17.8 Å². The average Bonchev–Trinajstić information content (AvgIpc) is 2.95. The molecule has 198 valence electrons. The molecule has 0 amide bonds. The summed E-state index contributed by atoms with van der Waals surface area (Å²) >= 11 is 3.36. The van der Waals surface area contributed by atoms with E-state index in [1.807, 2.05) is 60.7 Å². The Morgan fingerprint density at radius 3 is 2.13 bits per heavy atom. The molecule has 0 saturated heterocycles. The summed E-state index contributed by atoms with van der Waals surface area (Å²) in [5.41, 5.74) is 2.15. The summed E-state index contributed by atoms with van der Waals surface area (Å²) in [5.74, 6) is -0.840. The topological polar surface area (TPSA) is 117 Å². The van der Waals surface area contributed by atoms with Crippen LogP contribution in [0.4, 0.5) is 0 Å². The van der Waals surface area contributed by atoms with Gasteiger partial charge in [-0.15, -0.1) is 0 Å². The Bertz CT molecular complexity index is 1420. The molecule has 38 heavy (non-hydrogen) atoms. The fourth-order valence-corrected chi connectivity index (χ4v) is 5.07. The van der Waals surface area contributed by atoms with Gasteiger partial charge in [-0.1, -0.05) is 76.6 Å². The summed E-state index contributed by atoms with van der Waals surface area (Å²) in [4.78, 5) is 32.6. The molecule has 0 fully saturated rings. The zero-order valence-corrected chi connectivity index (χ0v) is 22.9. The van der Waals surface area contributed by atoms with Gasteiger partial charge in [-0.2, -0.15) is 0 Å². The Hall–Kier alpha value is -3.14. The fourth-order valence-electron chi connectivity index (χ4n) is 3.47. The minimum atomic E-state index is -4.01. The third kappa shape index (κ3) is 7.69. The number of fused-ring (bicyclic) bond motifs is 1. The van der Waals surface area contributed by atoms with E-state index in [0.717, 1.165) is 16.7 Å². The maximum Gasteiger partial charge on any atom is 0.475 e. The van der Waals surface area contributed by atoms with Crippen molar-refractivity contribution in [2.24, 2.45) is 0 Å². The second-order valence-corrected chi connectivity index (χ2v) is 10.6. The van der Waals surface area contributed by atoms with E-state index in [9.17, 15) is 14.2 Å². The summed E-state index contributed by atoms with van der Waals surface area (Å²) < 4.78 is 35.0. The van der Waals surface area contributed by atoms with Gasteiger partial charge in [0.2, 0.25) is 5.43 Å². The predicted octanol–water partition coefficient (Wildman–Crippen LogP) is 5.58. The lowest BCUT2D eigenvalue weighted by Gasteiger charge is -2.18. The molecule has 0 unspecified atom stereocenters. The standard InChI is InChI=1S/C27H26BrN2O7P/c28-12-11-22-15-23-25(31)24(17-30-26(23)29-16-22)27(32)34-13-14-35-38(33,36-18-20-7-3-1-4-8-20)37-19-21-9-5-2-6-10-21/h1-10,15-17H,11-14,18-19H2,(H,29,30,31). The van der Waals surface area contributed by atoms with Crippen LogP contribution in [-0.2, 0) is 42.5 Å². The maximum atomic E-state index is 13.3. The smallest absolute Gasteiger partial charge is 0.459 e. The number of nitrogens with zero attached hydrogens (tertiary/aromatic N) is 1. The lowest BCUT2D eigenvalue weighted by atomic mass is 10.1. The van der Waals surface area contributed by atoms with Crippen LogP contribution in [0, 0.1) is 0 Å². The van der Waals surface area contributed by atoms with Gasteiger partial charge in [-0.3, -0.25) is 18.4 Å². The van der Waals surface area contributed by atoms with E-state index in [1.54, 1.807) is 12.3 Å². The molecule has 4 rings (SSSR count). The number of phosphoric ester groups is 1. The molecule has 2 aromatic heterocycles. The van der Waals surface area contributed by atoms with Crippen molar-refractivity contribution in [1.82, 2.24) is 9.97 Å². The molecule has 0 spiro atoms. The molecule has 0 saturated carbocycles. The van der Waals surface area contributed by atoms with E-state index in [1.165, 1.54) is 6.20 Å². The first-order valence-corrected chi connectivity index (χ1v) is 14.4. The van der Waals surface area contributed by atoms with E-state index in [4.69, 9.17) is 18.3 Å². The summed E-state index contributed by atoms with van der Waals surface area (Å²) in [6, 6.07) is 20.1. The van der Waals surface area contributed by atoms with Crippen LogP contribution in [0.1, 0.15) is 27.0 Å². The number of rotatable bonds is 13. The first kappa shape index (κ1) is 27.9. The number of hydrogen-bond acceptors (Lipinski definition) is 8. The van der Waals surface area contributed by atoms with Crippen molar-refractivity contribution in [3.63, 3.8) is 0 Å². The minimum absolute atomic E-state index is 0.00423. The summed E-state index contributed by atoms with van der Waals surface area (Å²) in [5, 5.41) is 1.01. The predicted molar refractivity (Wildman–Crippen MR) is 146 cm³/mol. The molecule has 9 nitrogen and oxygen atoms in total. The third-order valence-corrected chi connectivity index (χ3v) is 7.21. The zero-order chi connectivity index (χ0) is 26.8. The first-order chi connectivity index (χ1) is 18.5. The number of hydrogen-bond donors (Lipinski definition) is 1. The molecular formula is C27H26BrN2O7P. The second kappa shape index (κ2) is 13.6. The van der Waals surface area contributed by atoms with Crippen LogP contribution in [0.2, 0.25) is 0 Å². The maximum absolute atomic E-state index is 13.3. The highest BCUT2D eigenvalue weighted by atomic mass is 79.9. The number of aromatic amines is 1. The van der Waals surface area contributed by atoms with Crippen molar-refractivity contribution in [3.8, 4) is 0 Å². The number of carbonyl (C=O) groups is 1. The molecule has 2 heterocycles. The van der Waals surface area contributed by atoms with Crippen LogP contribution in [0.5, 0.6) is 0 Å². The highest BCUT2D eigenvalue weighted by Crippen LogP contribution is 2.50. The molecule has 2 aromatic carbocycles. The van der Waals surface area contributed by atoms with E-state index in [2.05, 4.69) is 25.9 Å².